The topological polar surface area (TPSA) is 95.9 Å². The number of hydrogen-bond acceptors (Lipinski definition) is 6. The van der Waals surface area contributed by atoms with Gasteiger partial charge in [-0.1, -0.05) is 41.5 Å². The van der Waals surface area contributed by atoms with Gasteiger partial charge in [0.2, 0.25) is 0 Å². The van der Waals surface area contributed by atoms with Crippen molar-refractivity contribution in [1.82, 2.24) is 10.2 Å². The summed E-state index contributed by atoms with van der Waals surface area (Å²) in [4.78, 5) is 37.0. The molecule has 154 valence electrons. The molecule has 1 amide bonds. The molecule has 1 saturated heterocycles. The summed E-state index contributed by atoms with van der Waals surface area (Å²) in [7, 11) is 0. The molecule has 7 nitrogen and oxygen atoms in total. The van der Waals surface area contributed by atoms with Crippen LogP contribution in [0.15, 0.2) is 29.5 Å². The number of thioether (sulfide) groups is 1. The van der Waals surface area contributed by atoms with Crippen LogP contribution < -0.4 is 5.32 Å². The Labute approximate surface area is 186 Å². The second kappa shape index (κ2) is 8.91. The average molecular weight is 475 g/mol. The van der Waals surface area contributed by atoms with Crippen molar-refractivity contribution >= 4 is 70.0 Å². The number of ether oxygens (including phenoxy) is 1. The van der Waals surface area contributed by atoms with Gasteiger partial charge in [-0.25, -0.2) is 4.79 Å². The van der Waals surface area contributed by atoms with Crippen molar-refractivity contribution in [2.24, 2.45) is 0 Å². The molecule has 1 fully saturated rings. The third kappa shape index (κ3) is 4.69. The van der Waals surface area contributed by atoms with Crippen molar-refractivity contribution in [3.63, 3.8) is 0 Å². The fraction of sp³-hybridized carbons (Fsp3) is 0.333. The van der Waals surface area contributed by atoms with Crippen LogP contribution in [0.4, 0.5) is 0 Å². The van der Waals surface area contributed by atoms with E-state index in [1.165, 1.54) is 23.6 Å². The highest BCUT2D eigenvalue weighted by atomic mass is 35.5. The molecule has 0 radical (unpaired) electrons. The molecule has 1 aromatic rings. The average Bonchev–Trinajstić information content (AvgIpc) is 2.66. The van der Waals surface area contributed by atoms with Gasteiger partial charge in [-0.15, -0.1) is 11.8 Å². The Morgan fingerprint density at radius 3 is 2.72 bits per heavy atom. The molecule has 2 aliphatic rings. The molecule has 1 aromatic carbocycles. The first kappa shape index (κ1) is 21.9. The zero-order valence-corrected chi connectivity index (χ0v) is 18.3. The monoisotopic (exact) mass is 474 g/mol. The van der Waals surface area contributed by atoms with Crippen molar-refractivity contribution in [2.75, 3.05) is 12.4 Å². The summed E-state index contributed by atoms with van der Waals surface area (Å²) in [5.74, 6) is -1.81. The summed E-state index contributed by atoms with van der Waals surface area (Å²) < 4.78 is 4.91. The van der Waals surface area contributed by atoms with Crippen LogP contribution in [0.1, 0.15) is 12.5 Å². The van der Waals surface area contributed by atoms with Gasteiger partial charge >= 0.3 is 11.9 Å². The first-order chi connectivity index (χ1) is 13.7. The Bertz CT molecular complexity index is 937. The largest absolute Gasteiger partial charge is 0.477 e. The number of nitrogens with zero attached hydrogens (tertiary/aromatic N) is 1. The van der Waals surface area contributed by atoms with E-state index in [1.54, 1.807) is 18.2 Å². The van der Waals surface area contributed by atoms with Gasteiger partial charge in [0.25, 0.3) is 5.91 Å². The number of halogens is 2. The van der Waals surface area contributed by atoms with E-state index in [4.69, 9.17) is 40.2 Å². The second-order valence-corrected chi connectivity index (χ2v) is 8.83. The fourth-order valence-electron chi connectivity index (χ4n) is 3.04. The zero-order chi connectivity index (χ0) is 21.3. The van der Waals surface area contributed by atoms with Crippen molar-refractivity contribution < 1.29 is 24.2 Å². The number of aliphatic carboxylic acids is 1. The lowest BCUT2D eigenvalue weighted by Gasteiger charge is -2.49. The van der Waals surface area contributed by atoms with Gasteiger partial charge in [0.15, 0.2) is 0 Å². The molecule has 0 saturated carbocycles. The number of hydrogen-bond donors (Lipinski definition) is 2. The van der Waals surface area contributed by atoms with Gasteiger partial charge in [0.05, 0.1) is 15.0 Å². The van der Waals surface area contributed by atoms with E-state index < -0.39 is 29.3 Å². The number of rotatable bonds is 6. The van der Waals surface area contributed by atoms with E-state index in [-0.39, 0.29) is 12.3 Å². The van der Waals surface area contributed by atoms with Crippen LogP contribution in [0, 0.1) is 0 Å². The molecular formula is C18H16Cl2N2O5S2. The summed E-state index contributed by atoms with van der Waals surface area (Å²) in [5.41, 5.74) is 1.10. The van der Waals surface area contributed by atoms with Crippen LogP contribution in [-0.2, 0) is 25.5 Å². The number of amides is 1. The minimum atomic E-state index is -1.23. The number of β-lactam (4-membered cyclic amide) rings is 1. The van der Waals surface area contributed by atoms with Gasteiger partial charge in [-0.2, -0.15) is 0 Å². The summed E-state index contributed by atoms with van der Waals surface area (Å²) in [5, 5.41) is 13.0. The van der Waals surface area contributed by atoms with Crippen molar-refractivity contribution in [3.8, 4) is 0 Å². The Kier molecular flexibility index (Phi) is 6.72. The Morgan fingerprint density at radius 1 is 1.38 bits per heavy atom. The van der Waals surface area contributed by atoms with Gasteiger partial charge in [-0.3, -0.25) is 14.5 Å². The summed E-state index contributed by atoms with van der Waals surface area (Å²) in [6.45, 7) is 1.08. The number of carbonyl (C=O) groups is 3. The fourth-order valence-corrected chi connectivity index (χ4v) is 4.98. The van der Waals surface area contributed by atoms with Crippen LogP contribution in [-0.4, -0.2) is 56.6 Å². The van der Waals surface area contributed by atoms with Gasteiger partial charge in [0.1, 0.15) is 23.7 Å². The highest BCUT2D eigenvalue weighted by molar-refractivity contribution is 8.00. The molecule has 0 unspecified atom stereocenters. The highest BCUT2D eigenvalue weighted by Crippen LogP contribution is 2.40. The van der Waals surface area contributed by atoms with Crippen LogP contribution in [0.2, 0.25) is 10.0 Å². The van der Waals surface area contributed by atoms with Crippen LogP contribution in [0.25, 0.3) is 0 Å². The Morgan fingerprint density at radius 2 is 2.10 bits per heavy atom. The van der Waals surface area contributed by atoms with Gasteiger partial charge in [-0.05, 0) is 17.7 Å². The third-order valence-corrected chi connectivity index (χ3v) is 6.71. The lowest BCUT2D eigenvalue weighted by atomic mass is 10.0. The third-order valence-electron chi connectivity index (χ3n) is 4.36. The first-order valence-electron chi connectivity index (χ1n) is 8.45. The van der Waals surface area contributed by atoms with Crippen molar-refractivity contribution in [3.05, 3.63) is 45.1 Å². The number of esters is 1. The predicted octanol–water partition coefficient (Wildman–Crippen LogP) is 2.64. The van der Waals surface area contributed by atoms with E-state index >= 15 is 0 Å². The molecule has 2 N–H and O–H groups in total. The molecule has 0 spiro atoms. The van der Waals surface area contributed by atoms with E-state index in [1.807, 2.05) is 0 Å². The van der Waals surface area contributed by atoms with E-state index in [0.29, 0.717) is 32.8 Å². The maximum atomic E-state index is 12.6. The molecule has 0 aliphatic carbocycles. The number of carboxylic acid groups (broad SMARTS) is 1. The number of benzene rings is 1. The number of carbonyl (C=O) groups excluding carboxylic acids is 2. The quantitative estimate of drug-likeness (QED) is 0.369. The van der Waals surface area contributed by atoms with E-state index in [2.05, 4.69) is 5.32 Å². The Hall–Kier alpha value is -1.81. The smallest absolute Gasteiger partial charge is 0.352 e. The molecule has 2 heterocycles. The minimum absolute atomic E-state index is 0.131. The molecule has 29 heavy (non-hydrogen) atoms. The molecular weight excluding hydrogens is 459 g/mol. The van der Waals surface area contributed by atoms with Crippen molar-refractivity contribution in [1.29, 1.82) is 0 Å². The number of fused-ring (bicyclic) bond motifs is 1. The summed E-state index contributed by atoms with van der Waals surface area (Å²) in [6.07, 6.45) is 0.368. The molecule has 2 atom stereocenters. The van der Waals surface area contributed by atoms with Crippen molar-refractivity contribution in [2.45, 2.75) is 24.8 Å². The first-order valence-corrected chi connectivity index (χ1v) is 10.7. The maximum Gasteiger partial charge on any atom is 0.352 e. The molecule has 0 aromatic heterocycles. The van der Waals surface area contributed by atoms with Gasteiger partial charge in [0, 0.05) is 24.7 Å². The summed E-state index contributed by atoms with van der Waals surface area (Å²) >= 11 is 18.7. The highest BCUT2D eigenvalue weighted by Gasteiger charge is 2.53. The van der Waals surface area contributed by atoms with Gasteiger partial charge < -0.3 is 15.2 Å². The minimum Gasteiger partial charge on any atom is -0.477 e. The number of nitrogens with one attached hydrogen (secondary N) is 1. The van der Waals surface area contributed by atoms with Crippen LogP contribution in [0.3, 0.4) is 0 Å². The molecule has 2 aliphatic heterocycles. The molecule has 11 heteroatoms. The second-order valence-electron chi connectivity index (χ2n) is 6.42. The number of thiocarbonyl (C=S) groups is 1. The maximum absolute atomic E-state index is 12.6. The van der Waals surface area contributed by atoms with E-state index in [0.717, 1.165) is 5.56 Å². The molecule has 0 bridgehead atoms. The lowest BCUT2D eigenvalue weighted by Crippen LogP contribution is -2.70. The zero-order valence-electron chi connectivity index (χ0n) is 15.1. The normalized spacial score (nSPS) is 20.7. The Balaban J connectivity index is 1.68. The van der Waals surface area contributed by atoms with Crippen LogP contribution >= 0.6 is 47.2 Å². The SMILES string of the molecule is CC(=O)OCC1=C(C(=O)O)N2C(=O)[C@@H](NC(=S)Cc3ccc(Cl)c(Cl)c3)[C@H]2SC1. The predicted molar refractivity (Wildman–Crippen MR) is 114 cm³/mol. The van der Waals surface area contributed by atoms with Crippen LogP contribution in [0.5, 0.6) is 0 Å². The lowest BCUT2D eigenvalue weighted by molar-refractivity contribution is -0.148. The number of carboxylic acids is 1. The standard InChI is InChI=1S/C18H16Cl2N2O5S2/c1-8(23)27-6-10-7-29-17-14(16(24)22(17)15(10)18(25)26)21-13(28)5-9-2-3-11(19)12(20)4-9/h2-4,14,17H,5-7H2,1H3,(H,21,28)(H,25,26)/t14-,17-/m1/s1. The summed E-state index contributed by atoms with van der Waals surface area (Å²) in [6, 6.07) is 4.54. The molecule has 3 rings (SSSR count). The van der Waals surface area contributed by atoms with E-state index in [9.17, 15) is 19.5 Å².